The minimum atomic E-state index is -4.39. The third-order valence-corrected chi connectivity index (χ3v) is 3.86. The third kappa shape index (κ3) is 4.67. The van der Waals surface area contributed by atoms with Gasteiger partial charge in [0.05, 0.1) is 0 Å². The third-order valence-electron chi connectivity index (χ3n) is 1.83. The van der Waals surface area contributed by atoms with Crippen LogP contribution in [0, 0.1) is 3.57 Å². The highest BCUT2D eigenvalue weighted by Gasteiger charge is 2.31. The number of carbonyl (C=O) groups excluding carboxylic acids is 1. The van der Waals surface area contributed by atoms with E-state index in [0.717, 1.165) is 3.57 Å². The van der Waals surface area contributed by atoms with Crippen LogP contribution in [0.5, 0.6) is 0 Å². The number of alkyl halides is 4. The molecule has 17 heavy (non-hydrogen) atoms. The normalized spacial score (nSPS) is 13.5. The molecule has 0 spiro atoms. The fourth-order valence-corrected chi connectivity index (χ4v) is 2.59. The molecule has 0 aromatic heterocycles. The Hall–Kier alpha value is 0.0500. The van der Waals surface area contributed by atoms with Gasteiger partial charge in [0.2, 0.25) is 0 Å². The van der Waals surface area contributed by atoms with Gasteiger partial charge in [-0.25, -0.2) is 0 Å². The molecule has 0 amide bonds. The molecular formula is C10H7ClF3IOS. The van der Waals surface area contributed by atoms with Crippen molar-refractivity contribution in [1.29, 1.82) is 0 Å². The average Bonchev–Trinajstić information content (AvgIpc) is 2.17. The maximum Gasteiger partial charge on any atom is 0.446 e. The summed E-state index contributed by atoms with van der Waals surface area (Å²) in [5.41, 5.74) is -4.19. The minimum Gasteiger partial charge on any atom is -0.298 e. The van der Waals surface area contributed by atoms with E-state index in [0.29, 0.717) is 0 Å². The van der Waals surface area contributed by atoms with Gasteiger partial charge in [-0.2, -0.15) is 13.2 Å². The summed E-state index contributed by atoms with van der Waals surface area (Å²) in [5.74, 6) is -0.377. The van der Waals surface area contributed by atoms with E-state index in [1.54, 1.807) is 6.07 Å². The molecule has 1 unspecified atom stereocenters. The Morgan fingerprint density at radius 2 is 2.06 bits per heavy atom. The molecule has 0 aliphatic heterocycles. The molecule has 94 valence electrons. The van der Waals surface area contributed by atoms with Gasteiger partial charge < -0.3 is 0 Å². The number of hydrogen-bond acceptors (Lipinski definition) is 2. The monoisotopic (exact) mass is 394 g/mol. The van der Waals surface area contributed by atoms with Gasteiger partial charge >= 0.3 is 5.51 Å². The van der Waals surface area contributed by atoms with Crippen molar-refractivity contribution in [3.63, 3.8) is 0 Å². The van der Waals surface area contributed by atoms with Crippen LogP contribution in [-0.2, 0) is 4.79 Å². The summed E-state index contributed by atoms with van der Waals surface area (Å²) in [6.45, 7) is 1.25. The molecule has 0 bridgehead atoms. The average molecular weight is 395 g/mol. The first-order valence-electron chi connectivity index (χ1n) is 4.40. The Balaban J connectivity index is 3.17. The lowest BCUT2D eigenvalue weighted by atomic mass is 10.1. The van der Waals surface area contributed by atoms with Crippen molar-refractivity contribution in [2.45, 2.75) is 22.7 Å². The number of halogens is 5. The van der Waals surface area contributed by atoms with Crippen molar-refractivity contribution in [1.82, 2.24) is 0 Å². The van der Waals surface area contributed by atoms with Gasteiger partial charge in [0.15, 0.2) is 5.78 Å². The SMILES string of the molecule is CC(=O)C(Cl)c1cc(I)ccc1SC(F)(F)F. The minimum absolute atomic E-state index is 0.0342. The van der Waals surface area contributed by atoms with Crippen molar-refractivity contribution < 1.29 is 18.0 Å². The Bertz CT molecular complexity index is 436. The number of benzene rings is 1. The predicted octanol–water partition coefficient (Wildman–Crippen LogP) is 4.77. The van der Waals surface area contributed by atoms with E-state index in [1.165, 1.54) is 19.1 Å². The van der Waals surface area contributed by atoms with Crippen LogP contribution in [0.1, 0.15) is 17.9 Å². The van der Waals surface area contributed by atoms with Crippen molar-refractivity contribution in [2.24, 2.45) is 0 Å². The summed E-state index contributed by atoms with van der Waals surface area (Å²) >= 11 is 7.51. The van der Waals surface area contributed by atoms with E-state index in [4.69, 9.17) is 11.6 Å². The van der Waals surface area contributed by atoms with E-state index in [2.05, 4.69) is 0 Å². The smallest absolute Gasteiger partial charge is 0.298 e. The number of hydrogen-bond donors (Lipinski definition) is 0. The highest BCUT2D eigenvalue weighted by molar-refractivity contribution is 14.1. The first-order chi connectivity index (χ1) is 7.70. The van der Waals surface area contributed by atoms with Crippen molar-refractivity contribution in [3.8, 4) is 0 Å². The molecule has 0 N–H and O–H groups in total. The maximum absolute atomic E-state index is 12.3. The Morgan fingerprint density at radius 1 is 1.47 bits per heavy atom. The van der Waals surface area contributed by atoms with Gasteiger partial charge in [-0.05, 0) is 65.0 Å². The number of ketones is 1. The molecule has 0 aliphatic rings. The molecule has 1 rings (SSSR count). The van der Waals surface area contributed by atoms with Gasteiger partial charge in [-0.15, -0.1) is 11.6 Å². The lowest BCUT2D eigenvalue weighted by Crippen LogP contribution is -2.06. The number of rotatable bonds is 3. The summed E-state index contributed by atoms with van der Waals surface area (Å²) < 4.78 is 37.7. The molecule has 0 radical (unpaired) electrons. The molecule has 0 heterocycles. The molecular weight excluding hydrogens is 388 g/mol. The Morgan fingerprint density at radius 3 is 2.53 bits per heavy atom. The van der Waals surface area contributed by atoms with E-state index < -0.39 is 10.9 Å². The van der Waals surface area contributed by atoms with Crippen LogP contribution in [0.4, 0.5) is 13.2 Å². The zero-order valence-electron chi connectivity index (χ0n) is 8.52. The molecule has 0 saturated carbocycles. The van der Waals surface area contributed by atoms with Gasteiger partial charge in [-0.3, -0.25) is 4.79 Å². The van der Waals surface area contributed by atoms with Crippen LogP contribution in [0.15, 0.2) is 23.1 Å². The van der Waals surface area contributed by atoms with Crippen LogP contribution in [0.2, 0.25) is 0 Å². The second kappa shape index (κ2) is 5.79. The lowest BCUT2D eigenvalue weighted by Gasteiger charge is -2.14. The van der Waals surface area contributed by atoms with Crippen LogP contribution < -0.4 is 0 Å². The molecule has 1 nitrogen and oxygen atoms in total. The predicted molar refractivity (Wildman–Crippen MR) is 70.3 cm³/mol. The number of thioether (sulfide) groups is 1. The van der Waals surface area contributed by atoms with Crippen LogP contribution in [0.3, 0.4) is 0 Å². The summed E-state index contributed by atoms with van der Waals surface area (Å²) in [7, 11) is 0. The molecule has 1 atom stereocenters. The first-order valence-corrected chi connectivity index (χ1v) is 6.73. The van der Waals surface area contributed by atoms with E-state index in [1.807, 2.05) is 22.6 Å². The highest BCUT2D eigenvalue weighted by Crippen LogP contribution is 2.41. The zero-order chi connectivity index (χ0) is 13.2. The van der Waals surface area contributed by atoms with Crippen molar-refractivity contribution in [2.75, 3.05) is 0 Å². The van der Waals surface area contributed by atoms with Crippen molar-refractivity contribution >= 4 is 51.7 Å². The van der Waals surface area contributed by atoms with E-state index >= 15 is 0 Å². The maximum atomic E-state index is 12.3. The first kappa shape index (κ1) is 15.1. The molecule has 0 aliphatic carbocycles. The number of carbonyl (C=O) groups is 1. The van der Waals surface area contributed by atoms with E-state index in [9.17, 15) is 18.0 Å². The molecule has 0 saturated heterocycles. The lowest BCUT2D eigenvalue weighted by molar-refractivity contribution is -0.116. The van der Waals surface area contributed by atoms with Gasteiger partial charge in [0.1, 0.15) is 5.38 Å². The molecule has 1 aromatic carbocycles. The van der Waals surface area contributed by atoms with Crippen LogP contribution >= 0.6 is 46.0 Å². The fraction of sp³-hybridized carbons (Fsp3) is 0.300. The van der Waals surface area contributed by atoms with Gasteiger partial charge in [-0.1, -0.05) is 0 Å². The quantitative estimate of drug-likeness (QED) is 0.417. The molecule has 7 heteroatoms. The Labute approximate surface area is 119 Å². The topological polar surface area (TPSA) is 17.1 Å². The van der Waals surface area contributed by atoms with Gasteiger partial charge in [0, 0.05) is 8.47 Å². The number of Topliss-reactive ketones (excluding diaryl/α,β-unsaturated/α-hetero) is 1. The summed E-state index contributed by atoms with van der Waals surface area (Å²) in [4.78, 5) is 11.1. The second-order valence-corrected chi connectivity index (χ2v) is 5.99. The Kier molecular flexibility index (Phi) is 5.15. The van der Waals surface area contributed by atoms with Gasteiger partial charge in [0.25, 0.3) is 0 Å². The summed E-state index contributed by atoms with van der Waals surface area (Å²) in [6, 6.07) is 4.36. The highest BCUT2D eigenvalue weighted by atomic mass is 127. The van der Waals surface area contributed by atoms with Crippen LogP contribution in [0.25, 0.3) is 0 Å². The standard InChI is InChI=1S/C10H7ClF3IOS/c1-5(16)9(11)7-4-6(15)2-3-8(7)17-10(12,13)14/h2-4,9H,1H3. The second-order valence-electron chi connectivity index (χ2n) is 3.20. The molecule has 1 aromatic rings. The van der Waals surface area contributed by atoms with E-state index in [-0.39, 0.29) is 28.0 Å². The zero-order valence-corrected chi connectivity index (χ0v) is 12.2. The summed E-state index contributed by atoms with van der Waals surface area (Å²) in [5, 5.41) is -1.05. The van der Waals surface area contributed by atoms with Crippen molar-refractivity contribution in [3.05, 3.63) is 27.3 Å². The fourth-order valence-electron chi connectivity index (χ4n) is 1.15. The largest absolute Gasteiger partial charge is 0.446 e. The van der Waals surface area contributed by atoms with Crippen LogP contribution in [-0.4, -0.2) is 11.3 Å². The molecule has 0 fully saturated rings. The summed E-state index contributed by atoms with van der Waals surface area (Å²) in [6.07, 6.45) is 0.